The number of hydrogen-bond acceptors (Lipinski definition) is 1. The van der Waals surface area contributed by atoms with Crippen LogP contribution in [0.3, 0.4) is 0 Å². The minimum absolute atomic E-state index is 0.00993. The molecule has 0 spiro atoms. The van der Waals surface area contributed by atoms with E-state index in [1.54, 1.807) is 0 Å². The average molecular weight is 279 g/mol. The van der Waals surface area contributed by atoms with E-state index in [0.29, 0.717) is 13.1 Å². The summed E-state index contributed by atoms with van der Waals surface area (Å²) in [6.45, 7) is 1.06. The first kappa shape index (κ1) is 14.0. The fraction of sp³-hybridized carbons (Fsp3) is 0.647. The molecule has 1 nitrogen and oxygen atoms in total. The maximum absolute atomic E-state index is 13.4. The highest BCUT2D eigenvalue weighted by atomic mass is 19.3. The molecular formula is C17H23F2N. The van der Waals surface area contributed by atoms with Crippen molar-refractivity contribution in [2.24, 2.45) is 0 Å². The standard InChI is InChI=1S/C17H23F2N/c18-17(19)11-13-20(14-12-17)16(9-5-2-6-10-16)15-7-3-1-4-8-15/h1,3-4,7-8H,2,5-6,9-14H2. The quantitative estimate of drug-likeness (QED) is 0.766. The van der Waals surface area contributed by atoms with Gasteiger partial charge in [-0.15, -0.1) is 0 Å². The molecule has 0 aromatic heterocycles. The highest BCUT2D eigenvalue weighted by molar-refractivity contribution is 5.25. The van der Waals surface area contributed by atoms with Gasteiger partial charge in [-0.05, 0) is 18.4 Å². The van der Waals surface area contributed by atoms with Gasteiger partial charge >= 0.3 is 0 Å². The molecule has 0 atom stereocenters. The Bertz CT molecular complexity index is 428. The highest BCUT2D eigenvalue weighted by Gasteiger charge is 2.44. The number of benzene rings is 1. The molecule has 0 bridgehead atoms. The highest BCUT2D eigenvalue weighted by Crippen LogP contribution is 2.44. The Balaban J connectivity index is 1.87. The molecule has 1 saturated heterocycles. The molecular weight excluding hydrogens is 256 g/mol. The summed E-state index contributed by atoms with van der Waals surface area (Å²) in [5.41, 5.74) is 1.33. The molecule has 2 fully saturated rings. The van der Waals surface area contributed by atoms with Gasteiger partial charge in [-0.2, -0.15) is 0 Å². The van der Waals surface area contributed by atoms with Crippen LogP contribution in [0.5, 0.6) is 0 Å². The summed E-state index contributed by atoms with van der Waals surface area (Å²) in [7, 11) is 0. The fourth-order valence-electron chi connectivity index (χ4n) is 3.93. The van der Waals surface area contributed by atoms with E-state index in [0.717, 1.165) is 12.8 Å². The van der Waals surface area contributed by atoms with Crippen molar-refractivity contribution in [2.75, 3.05) is 13.1 Å². The van der Waals surface area contributed by atoms with E-state index in [4.69, 9.17) is 0 Å². The van der Waals surface area contributed by atoms with E-state index in [1.165, 1.54) is 24.8 Å². The van der Waals surface area contributed by atoms with Gasteiger partial charge in [0.1, 0.15) is 0 Å². The van der Waals surface area contributed by atoms with Crippen molar-refractivity contribution in [3.8, 4) is 0 Å². The SMILES string of the molecule is FC1(F)CCN(C2(c3ccccc3)CCCCC2)CC1. The van der Waals surface area contributed by atoms with Crippen molar-refractivity contribution in [1.82, 2.24) is 4.90 Å². The van der Waals surface area contributed by atoms with E-state index >= 15 is 0 Å². The van der Waals surface area contributed by atoms with Crippen molar-refractivity contribution in [1.29, 1.82) is 0 Å². The Morgan fingerprint density at radius 2 is 1.40 bits per heavy atom. The minimum Gasteiger partial charge on any atom is -0.293 e. The zero-order valence-corrected chi connectivity index (χ0v) is 12.0. The first-order valence-corrected chi connectivity index (χ1v) is 7.81. The van der Waals surface area contributed by atoms with E-state index in [1.807, 2.05) is 6.07 Å². The summed E-state index contributed by atoms with van der Waals surface area (Å²) in [5.74, 6) is -2.46. The van der Waals surface area contributed by atoms with Gasteiger partial charge in [0.15, 0.2) is 0 Å². The van der Waals surface area contributed by atoms with Crippen molar-refractivity contribution >= 4 is 0 Å². The number of halogens is 2. The van der Waals surface area contributed by atoms with Crippen molar-refractivity contribution in [3.05, 3.63) is 35.9 Å². The summed E-state index contributed by atoms with van der Waals surface area (Å²) >= 11 is 0. The number of likely N-dealkylation sites (tertiary alicyclic amines) is 1. The molecule has 1 saturated carbocycles. The van der Waals surface area contributed by atoms with Gasteiger partial charge in [-0.3, -0.25) is 4.90 Å². The molecule has 0 radical (unpaired) electrons. The van der Waals surface area contributed by atoms with Crippen LogP contribution in [0.1, 0.15) is 50.5 Å². The molecule has 1 aliphatic heterocycles. The molecule has 1 aliphatic carbocycles. The number of rotatable bonds is 2. The summed E-state index contributed by atoms with van der Waals surface area (Å²) in [5, 5.41) is 0. The molecule has 0 N–H and O–H groups in total. The molecule has 20 heavy (non-hydrogen) atoms. The third kappa shape index (κ3) is 2.60. The lowest BCUT2D eigenvalue weighted by Gasteiger charge is -2.49. The number of piperidine rings is 1. The Morgan fingerprint density at radius 1 is 0.800 bits per heavy atom. The lowest BCUT2D eigenvalue weighted by atomic mass is 9.74. The third-order valence-electron chi connectivity index (χ3n) is 5.09. The molecule has 3 rings (SSSR count). The van der Waals surface area contributed by atoms with Gasteiger partial charge in [0.05, 0.1) is 0 Å². The minimum atomic E-state index is -2.46. The lowest BCUT2D eigenvalue weighted by Crippen LogP contribution is -2.52. The Kier molecular flexibility index (Phi) is 3.80. The molecule has 1 heterocycles. The average Bonchev–Trinajstić information content (AvgIpc) is 2.49. The Hall–Kier alpha value is -0.960. The van der Waals surface area contributed by atoms with Crippen LogP contribution in [0.2, 0.25) is 0 Å². The van der Waals surface area contributed by atoms with Gasteiger partial charge in [0.2, 0.25) is 0 Å². The van der Waals surface area contributed by atoms with Crippen LogP contribution in [-0.2, 0) is 5.54 Å². The first-order valence-electron chi connectivity index (χ1n) is 7.81. The maximum Gasteiger partial charge on any atom is 0.250 e. The molecule has 1 aromatic rings. The summed E-state index contributed by atoms with van der Waals surface area (Å²) < 4.78 is 26.9. The molecule has 110 valence electrons. The van der Waals surface area contributed by atoms with Crippen LogP contribution in [0.15, 0.2) is 30.3 Å². The van der Waals surface area contributed by atoms with Gasteiger partial charge in [0, 0.05) is 31.5 Å². The summed E-state index contributed by atoms with van der Waals surface area (Å²) in [6, 6.07) is 10.5. The lowest BCUT2D eigenvalue weighted by molar-refractivity contribution is -0.0873. The zero-order chi connectivity index (χ0) is 14.1. The van der Waals surface area contributed by atoms with E-state index < -0.39 is 5.92 Å². The van der Waals surface area contributed by atoms with Crippen molar-refractivity contribution in [2.45, 2.75) is 56.4 Å². The predicted octanol–water partition coefficient (Wildman–Crippen LogP) is 4.58. The molecule has 0 unspecified atom stereocenters. The number of alkyl halides is 2. The van der Waals surface area contributed by atoms with Crippen molar-refractivity contribution < 1.29 is 8.78 Å². The van der Waals surface area contributed by atoms with Crippen LogP contribution in [0, 0.1) is 0 Å². The van der Waals surface area contributed by atoms with E-state index in [9.17, 15) is 8.78 Å². The van der Waals surface area contributed by atoms with Crippen LogP contribution < -0.4 is 0 Å². The van der Waals surface area contributed by atoms with Crippen LogP contribution in [-0.4, -0.2) is 23.9 Å². The number of nitrogens with zero attached hydrogens (tertiary/aromatic N) is 1. The van der Waals surface area contributed by atoms with Gasteiger partial charge < -0.3 is 0 Å². The zero-order valence-electron chi connectivity index (χ0n) is 12.0. The topological polar surface area (TPSA) is 3.24 Å². The second-order valence-electron chi connectivity index (χ2n) is 6.30. The molecule has 2 aliphatic rings. The monoisotopic (exact) mass is 279 g/mol. The maximum atomic E-state index is 13.4. The van der Waals surface area contributed by atoms with Gasteiger partial charge in [-0.25, -0.2) is 8.78 Å². The normalized spacial score (nSPS) is 26.3. The van der Waals surface area contributed by atoms with Gasteiger partial charge in [0.25, 0.3) is 5.92 Å². The molecule has 3 heteroatoms. The second kappa shape index (κ2) is 5.44. The largest absolute Gasteiger partial charge is 0.293 e. The van der Waals surface area contributed by atoms with Crippen molar-refractivity contribution in [3.63, 3.8) is 0 Å². The number of hydrogen-bond donors (Lipinski definition) is 0. The van der Waals surface area contributed by atoms with Gasteiger partial charge in [-0.1, -0.05) is 49.6 Å². The van der Waals surface area contributed by atoms with Crippen LogP contribution >= 0.6 is 0 Å². The third-order valence-corrected chi connectivity index (χ3v) is 5.09. The smallest absolute Gasteiger partial charge is 0.250 e. The van der Waals surface area contributed by atoms with E-state index in [2.05, 4.69) is 29.2 Å². The van der Waals surface area contributed by atoms with Crippen LogP contribution in [0.4, 0.5) is 8.78 Å². The molecule has 0 amide bonds. The first-order chi connectivity index (χ1) is 9.62. The Morgan fingerprint density at radius 3 is 2.00 bits per heavy atom. The van der Waals surface area contributed by atoms with E-state index in [-0.39, 0.29) is 18.4 Å². The Labute approximate surface area is 120 Å². The van der Waals surface area contributed by atoms with Crippen LogP contribution in [0.25, 0.3) is 0 Å². The fourth-order valence-corrected chi connectivity index (χ4v) is 3.93. The summed E-state index contributed by atoms with van der Waals surface area (Å²) in [6.07, 6.45) is 5.95. The second-order valence-corrected chi connectivity index (χ2v) is 6.30. The molecule has 1 aromatic carbocycles. The summed E-state index contributed by atoms with van der Waals surface area (Å²) in [4.78, 5) is 2.35. The predicted molar refractivity (Wildman–Crippen MR) is 77.0 cm³/mol.